The summed E-state index contributed by atoms with van der Waals surface area (Å²) in [5.74, 6) is -2.38. The normalized spacial score (nSPS) is 22.2. The van der Waals surface area contributed by atoms with Crippen molar-refractivity contribution in [2.45, 2.75) is 93.9 Å². The predicted octanol–water partition coefficient (Wildman–Crippen LogP) is 6.75. The fraction of sp³-hybridized carbons (Fsp3) is 0.444. The van der Waals surface area contributed by atoms with E-state index in [9.17, 15) is 14.4 Å². The summed E-state index contributed by atoms with van der Waals surface area (Å²) < 4.78 is 10.9. The zero-order valence-corrected chi connectivity index (χ0v) is 35.3. The molecule has 3 aromatic rings. The van der Waals surface area contributed by atoms with Crippen molar-refractivity contribution in [3.8, 4) is 0 Å². The van der Waals surface area contributed by atoms with Gasteiger partial charge in [0, 0.05) is 12.0 Å². The smallest absolute Gasteiger partial charge is 0.664 e. The van der Waals surface area contributed by atoms with Crippen molar-refractivity contribution in [1.82, 2.24) is 15.0 Å². The second-order valence-corrected chi connectivity index (χ2v) is 15.4. The number of fused-ring (bicyclic) bond motifs is 7. The molecule has 0 aromatic carbocycles. The molecule has 1 aliphatic carbocycles. The van der Waals surface area contributed by atoms with Gasteiger partial charge in [-0.3, -0.25) is 14.4 Å². The third-order valence-corrected chi connectivity index (χ3v) is 11.4. The third-order valence-electron chi connectivity index (χ3n) is 11.4. The number of ketones is 1. The summed E-state index contributed by atoms with van der Waals surface area (Å²) in [6, 6.07) is 0. The van der Waals surface area contributed by atoms with Crippen LogP contribution in [0, 0.1) is 44.4 Å². The van der Waals surface area contributed by atoms with Gasteiger partial charge < -0.3 is 29.7 Å². The number of methoxy groups -OCH3 is 1. The summed E-state index contributed by atoms with van der Waals surface area (Å²) in [6.45, 7) is 20.9. The van der Waals surface area contributed by atoms with Crippen molar-refractivity contribution in [2.24, 2.45) is 23.7 Å². The van der Waals surface area contributed by atoms with Gasteiger partial charge in [-0.25, -0.2) is 0 Å². The van der Waals surface area contributed by atoms with Crippen LogP contribution in [0.4, 0.5) is 0 Å². The molecule has 1 saturated heterocycles. The second-order valence-electron chi connectivity index (χ2n) is 15.4. The Labute approximate surface area is 341 Å². The summed E-state index contributed by atoms with van der Waals surface area (Å²) in [5, 5.41) is 6.79. The van der Waals surface area contributed by atoms with Crippen LogP contribution in [0.1, 0.15) is 128 Å². The van der Waals surface area contributed by atoms with Crippen LogP contribution in [-0.4, -0.2) is 54.5 Å². The van der Waals surface area contributed by atoms with Crippen LogP contribution >= 0.6 is 0 Å². The third kappa shape index (κ3) is 8.03. The first-order chi connectivity index (χ1) is 25.8. The quantitative estimate of drug-likeness (QED) is 0.0861. The van der Waals surface area contributed by atoms with Crippen molar-refractivity contribution >= 4 is 70.7 Å². The van der Waals surface area contributed by atoms with E-state index in [1.807, 2.05) is 44.2 Å². The molecule has 286 valence electrons. The van der Waals surface area contributed by atoms with Gasteiger partial charge in [-0.15, -0.1) is 33.5 Å². The molecule has 10 heteroatoms. The summed E-state index contributed by atoms with van der Waals surface area (Å²) in [7, 11) is 1.29. The maximum absolute atomic E-state index is 14.3. The van der Waals surface area contributed by atoms with Gasteiger partial charge in [0.25, 0.3) is 0 Å². The van der Waals surface area contributed by atoms with E-state index in [1.165, 1.54) is 12.7 Å². The van der Waals surface area contributed by atoms with Crippen molar-refractivity contribution in [3.63, 3.8) is 0 Å². The Hall–Kier alpha value is -4.28. The van der Waals surface area contributed by atoms with Gasteiger partial charge in [0.15, 0.2) is 5.78 Å². The van der Waals surface area contributed by atoms with Gasteiger partial charge in [-0.2, -0.15) is 11.4 Å². The van der Waals surface area contributed by atoms with E-state index >= 15 is 0 Å². The molecule has 3 aromatic heterocycles. The zero-order chi connectivity index (χ0) is 39.0. The Kier molecular flexibility index (Phi) is 13.1. The molecule has 6 rings (SSSR count). The van der Waals surface area contributed by atoms with E-state index in [0.717, 1.165) is 75.7 Å². The monoisotopic (exact) mass is 752 g/mol. The molecular weight excluding hydrogens is 701 g/mol. The summed E-state index contributed by atoms with van der Waals surface area (Å²) in [5.41, 5.74) is 10.6. The minimum absolute atomic E-state index is 0. The summed E-state index contributed by atoms with van der Waals surface area (Å²) in [4.78, 5) is 56.1. The average molecular weight is 753 g/mol. The van der Waals surface area contributed by atoms with E-state index in [1.54, 1.807) is 0 Å². The first kappa shape index (κ1) is 41.9. The zero-order valence-electron chi connectivity index (χ0n) is 33.9. The largest absolute Gasteiger partial charge is 2.00 e. The van der Waals surface area contributed by atoms with Crippen LogP contribution in [0.15, 0.2) is 29.6 Å². The number of carbonyl (C=O) groups excluding carboxylic acids is 3. The number of hydrogen-bond donors (Lipinski definition) is 0. The molecule has 0 N–H and O–H groups in total. The van der Waals surface area contributed by atoms with Crippen LogP contribution in [0.25, 0.3) is 35.2 Å². The van der Waals surface area contributed by atoms with Crippen molar-refractivity contribution < 1.29 is 23.9 Å². The van der Waals surface area contributed by atoms with E-state index in [0.29, 0.717) is 46.1 Å². The Morgan fingerprint density at radius 1 is 0.964 bits per heavy atom. The molecule has 0 saturated carbocycles. The van der Waals surface area contributed by atoms with E-state index < -0.39 is 11.9 Å². The fourth-order valence-electron chi connectivity index (χ4n) is 8.16. The standard InChI is InChI=1S/C45H53N4O5.Mg/c1-11-29-25(6)32-20-34-27(8)31(16-17-38(50)54-19-18-24(5)15-13-14-23(3)4)42(48-34)40-41(45(52)53-10)44(51)39-28(9)35(49-43(39)40)22-37-30(12-2)26(7)33(47-37)21-36(29)46-32;/h11,18,20-23,27,31,41H,1,12-17,19H2,2-10H3,(H-,48,49,51);/q-3;+2/p-1/b24-18-,33-21-,34-20-,37-22-;/t27-,31-,41+;/m0./s1. The predicted molar refractivity (Wildman–Crippen MR) is 218 cm³/mol. The average Bonchev–Trinajstić information content (AvgIpc) is 3.87. The van der Waals surface area contributed by atoms with Gasteiger partial charge >= 0.3 is 35.0 Å². The SMILES string of the molecule is C=Cc1c2[n-]c(c1C)/C=C1\[N-]/C(=C3\c4[n-]c(c(C)c4C(=O)[C@@H]3C(=O)OC)/C=c3\[n-]/c(c(C)c3CC)=C\2)[C@@H](CCC(=O)OC/C=C(/C)CCCC(C)C)[C@@H]1C.[Mg+2]. The number of aromatic nitrogens is 3. The molecule has 0 amide bonds. The van der Waals surface area contributed by atoms with Gasteiger partial charge in [-0.05, 0) is 82.8 Å². The Morgan fingerprint density at radius 2 is 1.67 bits per heavy atom. The Morgan fingerprint density at radius 3 is 2.35 bits per heavy atom. The minimum Gasteiger partial charge on any atom is -0.664 e. The molecule has 55 heavy (non-hydrogen) atoms. The van der Waals surface area contributed by atoms with Crippen LogP contribution in [0.5, 0.6) is 0 Å². The first-order valence-corrected chi connectivity index (χ1v) is 19.2. The molecule has 2 aliphatic heterocycles. The minimum atomic E-state index is -1.22. The molecule has 8 bridgehead atoms. The molecular formula is C45H52MgN4O5-2. The van der Waals surface area contributed by atoms with Crippen molar-refractivity contribution in [1.29, 1.82) is 0 Å². The van der Waals surface area contributed by atoms with Gasteiger partial charge in [0.1, 0.15) is 12.5 Å². The topological polar surface area (TPSA) is 126 Å². The number of hydrogen-bond acceptors (Lipinski definition) is 5. The molecule has 0 unspecified atom stereocenters. The van der Waals surface area contributed by atoms with E-state index in [2.05, 4.69) is 48.1 Å². The Bertz CT molecular complexity index is 2240. The summed E-state index contributed by atoms with van der Waals surface area (Å²) in [6.07, 6.45) is 14.3. The number of carbonyl (C=O) groups is 3. The van der Waals surface area contributed by atoms with Crippen molar-refractivity contribution in [3.05, 3.63) is 102 Å². The Balaban J connectivity index is 0.00000580. The summed E-state index contributed by atoms with van der Waals surface area (Å²) >= 11 is 0. The molecule has 0 radical (unpaired) electrons. The second kappa shape index (κ2) is 17.2. The number of esters is 2. The fourth-order valence-corrected chi connectivity index (χ4v) is 8.16. The molecule has 0 spiro atoms. The molecule has 3 atom stereocenters. The molecule has 1 fully saturated rings. The molecule has 9 nitrogen and oxygen atoms in total. The van der Waals surface area contributed by atoms with E-state index in [4.69, 9.17) is 29.7 Å². The first-order valence-electron chi connectivity index (χ1n) is 19.2. The molecule has 5 heterocycles. The van der Waals surface area contributed by atoms with Gasteiger partial charge in [0.2, 0.25) is 0 Å². The number of Topliss-reactive ketones (excluding diaryl/α,β-unsaturated/α-hetero) is 1. The molecule has 3 aliphatic rings. The van der Waals surface area contributed by atoms with Crippen LogP contribution in [0.3, 0.4) is 0 Å². The van der Waals surface area contributed by atoms with Crippen LogP contribution < -0.4 is 25.7 Å². The maximum Gasteiger partial charge on any atom is 2.00 e. The maximum atomic E-state index is 14.3. The number of allylic oxidation sites excluding steroid dienone is 3. The number of ether oxygens (including phenoxy) is 2. The van der Waals surface area contributed by atoms with Gasteiger partial charge in [-0.1, -0.05) is 98.4 Å². The van der Waals surface area contributed by atoms with Gasteiger partial charge in [0.05, 0.1) is 7.11 Å². The van der Waals surface area contributed by atoms with Crippen LogP contribution in [-0.2, 0) is 25.5 Å². The number of nitrogens with zero attached hydrogens (tertiary/aromatic N) is 4. The number of rotatable bonds is 12. The van der Waals surface area contributed by atoms with Crippen molar-refractivity contribution in [2.75, 3.05) is 13.7 Å². The van der Waals surface area contributed by atoms with Crippen LogP contribution in [0.2, 0.25) is 0 Å². The van der Waals surface area contributed by atoms with E-state index in [-0.39, 0.29) is 59.7 Å².